The summed E-state index contributed by atoms with van der Waals surface area (Å²) < 4.78 is 13.3. The van der Waals surface area contributed by atoms with Crippen LogP contribution in [0, 0.1) is 9.39 Å². The number of halogens is 3. The van der Waals surface area contributed by atoms with Crippen molar-refractivity contribution in [3.63, 3.8) is 0 Å². The Morgan fingerprint density at radius 1 is 1.54 bits per heavy atom. The van der Waals surface area contributed by atoms with Crippen LogP contribution in [0.2, 0.25) is 0 Å². The van der Waals surface area contributed by atoms with E-state index in [1.807, 2.05) is 22.6 Å². The Morgan fingerprint density at radius 2 is 2.23 bits per heavy atom. The predicted molar refractivity (Wildman–Crippen MR) is 61.9 cm³/mol. The van der Waals surface area contributed by atoms with Crippen LogP contribution in [-0.2, 0) is 0 Å². The maximum atomic E-state index is 12.8. The molecule has 0 radical (unpaired) electrons. The van der Waals surface area contributed by atoms with Gasteiger partial charge in [-0.05, 0) is 40.8 Å². The Hall–Kier alpha value is 0.0300. The summed E-state index contributed by atoms with van der Waals surface area (Å²) in [6.07, 6.45) is 0.446. The van der Waals surface area contributed by atoms with E-state index < -0.39 is 0 Å². The van der Waals surface area contributed by atoms with E-state index in [9.17, 15) is 9.18 Å². The van der Waals surface area contributed by atoms with Gasteiger partial charge in [-0.2, -0.15) is 0 Å². The first-order valence-electron chi connectivity index (χ1n) is 3.69. The first kappa shape index (κ1) is 11.1. The molecule has 0 saturated carbocycles. The van der Waals surface area contributed by atoms with E-state index in [-0.39, 0.29) is 11.6 Å². The molecule has 13 heavy (non-hydrogen) atoms. The number of hydrogen-bond donors (Lipinski definition) is 0. The molecule has 1 rings (SSSR count). The van der Waals surface area contributed by atoms with Crippen molar-refractivity contribution in [3.05, 3.63) is 33.1 Å². The number of rotatable bonds is 3. The second-order valence-electron chi connectivity index (χ2n) is 2.49. The van der Waals surface area contributed by atoms with E-state index >= 15 is 0 Å². The zero-order valence-corrected chi connectivity index (χ0v) is 10.4. The fourth-order valence-corrected chi connectivity index (χ4v) is 1.78. The third-order valence-electron chi connectivity index (χ3n) is 1.56. The Bertz CT molecular complexity index is 327. The van der Waals surface area contributed by atoms with Gasteiger partial charge in [-0.25, -0.2) is 4.39 Å². The van der Waals surface area contributed by atoms with Gasteiger partial charge in [0.05, 0.1) is 0 Å². The minimum absolute atomic E-state index is 0.0368. The van der Waals surface area contributed by atoms with Gasteiger partial charge in [0, 0.05) is 20.9 Å². The molecule has 0 saturated heterocycles. The minimum atomic E-state index is -0.281. The lowest BCUT2D eigenvalue weighted by Gasteiger charge is -1.99. The van der Waals surface area contributed by atoms with Gasteiger partial charge in [0.1, 0.15) is 5.82 Å². The lowest BCUT2D eigenvalue weighted by Crippen LogP contribution is -2.00. The number of hydrogen-bond acceptors (Lipinski definition) is 1. The molecule has 0 spiro atoms. The molecule has 1 aromatic carbocycles. The van der Waals surface area contributed by atoms with Crippen molar-refractivity contribution in [1.82, 2.24) is 0 Å². The van der Waals surface area contributed by atoms with Crippen LogP contribution in [0.1, 0.15) is 16.8 Å². The Kier molecular flexibility index (Phi) is 4.31. The molecule has 0 N–H and O–H groups in total. The molecule has 0 aromatic heterocycles. The van der Waals surface area contributed by atoms with Crippen molar-refractivity contribution < 1.29 is 9.18 Å². The standard InChI is InChI=1S/C9H7BrFIO/c10-4-3-9(13)6-1-2-7(11)8(12)5-6/h1-2,5H,3-4H2. The van der Waals surface area contributed by atoms with E-state index in [0.717, 1.165) is 0 Å². The number of alkyl halides is 1. The van der Waals surface area contributed by atoms with Crippen molar-refractivity contribution >= 4 is 44.3 Å². The Morgan fingerprint density at radius 3 is 2.77 bits per heavy atom. The van der Waals surface area contributed by atoms with E-state index in [1.54, 1.807) is 6.07 Å². The quantitative estimate of drug-likeness (QED) is 0.461. The zero-order chi connectivity index (χ0) is 9.84. The molecule has 0 bridgehead atoms. The third-order valence-corrected chi connectivity index (χ3v) is 2.79. The first-order valence-corrected chi connectivity index (χ1v) is 5.89. The highest BCUT2D eigenvalue weighted by Gasteiger charge is 2.07. The van der Waals surface area contributed by atoms with Crippen molar-refractivity contribution in [2.75, 3.05) is 5.33 Å². The molecule has 0 amide bonds. The summed E-state index contributed by atoms with van der Waals surface area (Å²) >= 11 is 5.06. The molecule has 0 aliphatic rings. The molecule has 0 aliphatic heterocycles. The van der Waals surface area contributed by atoms with Gasteiger partial charge in [0.15, 0.2) is 5.78 Å². The summed E-state index contributed by atoms with van der Waals surface area (Å²) in [6.45, 7) is 0. The van der Waals surface area contributed by atoms with Crippen molar-refractivity contribution in [3.8, 4) is 0 Å². The molecule has 0 aliphatic carbocycles. The van der Waals surface area contributed by atoms with Gasteiger partial charge < -0.3 is 0 Å². The molecular weight excluding hydrogens is 350 g/mol. The summed E-state index contributed by atoms with van der Waals surface area (Å²) in [5.74, 6) is -0.245. The topological polar surface area (TPSA) is 17.1 Å². The normalized spacial score (nSPS) is 10.1. The summed E-state index contributed by atoms with van der Waals surface area (Å²) in [5, 5.41) is 0.639. The number of benzene rings is 1. The number of ketones is 1. The Balaban J connectivity index is 2.90. The van der Waals surface area contributed by atoms with Crippen LogP contribution in [0.4, 0.5) is 4.39 Å². The number of Topliss-reactive ketones (excluding diaryl/α,β-unsaturated/α-hetero) is 1. The van der Waals surface area contributed by atoms with Crippen molar-refractivity contribution in [1.29, 1.82) is 0 Å². The van der Waals surface area contributed by atoms with Gasteiger partial charge in [0.25, 0.3) is 0 Å². The lowest BCUT2D eigenvalue weighted by atomic mass is 10.1. The minimum Gasteiger partial charge on any atom is -0.294 e. The molecule has 0 atom stereocenters. The monoisotopic (exact) mass is 356 g/mol. The fraction of sp³-hybridized carbons (Fsp3) is 0.222. The third kappa shape index (κ3) is 3.02. The van der Waals surface area contributed by atoms with Gasteiger partial charge in [-0.3, -0.25) is 4.79 Å². The van der Waals surface area contributed by atoms with Crippen LogP contribution in [-0.4, -0.2) is 11.1 Å². The van der Waals surface area contributed by atoms with Crippen LogP contribution >= 0.6 is 38.5 Å². The second kappa shape index (κ2) is 5.05. The van der Waals surface area contributed by atoms with Gasteiger partial charge in [-0.15, -0.1) is 0 Å². The van der Waals surface area contributed by atoms with Gasteiger partial charge >= 0.3 is 0 Å². The second-order valence-corrected chi connectivity index (χ2v) is 4.45. The molecule has 0 heterocycles. The summed E-state index contributed by atoms with van der Waals surface area (Å²) in [4.78, 5) is 11.4. The van der Waals surface area contributed by atoms with E-state index in [0.29, 0.717) is 20.9 Å². The van der Waals surface area contributed by atoms with E-state index in [1.165, 1.54) is 12.1 Å². The number of carbonyl (C=O) groups excluding carboxylic acids is 1. The molecule has 1 nitrogen and oxygen atoms in total. The lowest BCUT2D eigenvalue weighted by molar-refractivity contribution is 0.0990. The van der Waals surface area contributed by atoms with Crippen molar-refractivity contribution in [2.45, 2.75) is 6.42 Å². The molecule has 0 fully saturated rings. The average Bonchev–Trinajstić information content (AvgIpc) is 2.10. The van der Waals surface area contributed by atoms with Crippen LogP contribution in [0.3, 0.4) is 0 Å². The van der Waals surface area contributed by atoms with Crippen LogP contribution in [0.25, 0.3) is 0 Å². The molecular formula is C9H7BrFIO. The number of carbonyl (C=O) groups is 1. The van der Waals surface area contributed by atoms with Crippen LogP contribution in [0.15, 0.2) is 18.2 Å². The smallest absolute Gasteiger partial charge is 0.163 e. The molecule has 0 unspecified atom stereocenters. The zero-order valence-electron chi connectivity index (χ0n) is 6.69. The maximum Gasteiger partial charge on any atom is 0.163 e. The van der Waals surface area contributed by atoms with Crippen LogP contribution < -0.4 is 0 Å². The highest BCUT2D eigenvalue weighted by Crippen LogP contribution is 2.14. The summed E-state index contributed by atoms with van der Waals surface area (Å²) in [7, 11) is 0. The Labute approximate surface area is 98.0 Å². The molecule has 70 valence electrons. The van der Waals surface area contributed by atoms with Crippen LogP contribution in [0.5, 0.6) is 0 Å². The van der Waals surface area contributed by atoms with Gasteiger partial charge in [-0.1, -0.05) is 15.9 Å². The maximum absolute atomic E-state index is 12.8. The van der Waals surface area contributed by atoms with E-state index in [4.69, 9.17) is 0 Å². The molecule has 1 aromatic rings. The highest BCUT2D eigenvalue weighted by atomic mass is 127. The summed E-state index contributed by atoms with van der Waals surface area (Å²) in [5.41, 5.74) is 0.574. The van der Waals surface area contributed by atoms with Crippen molar-refractivity contribution in [2.24, 2.45) is 0 Å². The van der Waals surface area contributed by atoms with Gasteiger partial charge in [0.2, 0.25) is 0 Å². The first-order chi connectivity index (χ1) is 6.15. The summed E-state index contributed by atoms with van der Waals surface area (Å²) in [6, 6.07) is 4.41. The molecule has 4 heteroatoms. The SMILES string of the molecule is O=C(CCBr)c1ccc(F)c(I)c1. The average molecular weight is 357 g/mol. The predicted octanol–water partition coefficient (Wildman–Crippen LogP) is 3.40. The van der Waals surface area contributed by atoms with E-state index in [2.05, 4.69) is 15.9 Å². The largest absolute Gasteiger partial charge is 0.294 e. The fourth-order valence-electron chi connectivity index (χ4n) is 0.900. The highest BCUT2D eigenvalue weighted by molar-refractivity contribution is 14.1.